The third-order valence-electron chi connectivity index (χ3n) is 4.26. The highest BCUT2D eigenvalue weighted by molar-refractivity contribution is 7.80. The molecule has 0 saturated carbocycles. The van der Waals surface area contributed by atoms with Crippen LogP contribution in [-0.2, 0) is 0 Å². The molecule has 166 valence electrons. The molecule has 0 heterocycles. The predicted octanol–water partition coefficient (Wildman–Crippen LogP) is 4.91. The molecule has 6 nitrogen and oxygen atoms in total. The van der Waals surface area contributed by atoms with Crippen LogP contribution in [0.3, 0.4) is 0 Å². The Bertz CT molecular complexity index is 905. The molecule has 7 heteroatoms. The van der Waals surface area contributed by atoms with E-state index in [4.69, 9.17) is 17.0 Å². The summed E-state index contributed by atoms with van der Waals surface area (Å²) < 4.78 is 5.77. The molecule has 2 aromatic rings. The number of hydrogen-bond donors (Lipinski definition) is 3. The van der Waals surface area contributed by atoms with Crippen molar-refractivity contribution in [3.05, 3.63) is 59.7 Å². The summed E-state index contributed by atoms with van der Waals surface area (Å²) in [5.74, 6) is 0.0448. The zero-order valence-corrected chi connectivity index (χ0v) is 19.4. The zero-order valence-electron chi connectivity index (χ0n) is 18.6. The number of thiocarbonyl (C=S) groups is 1. The maximum Gasteiger partial charge on any atom is 0.261 e. The van der Waals surface area contributed by atoms with E-state index >= 15 is 0 Å². The van der Waals surface area contributed by atoms with Gasteiger partial charge in [-0.3, -0.25) is 14.9 Å². The molecule has 0 bridgehead atoms. The van der Waals surface area contributed by atoms with Crippen LogP contribution in [0.5, 0.6) is 5.75 Å². The second-order valence-corrected chi connectivity index (χ2v) is 8.65. The zero-order chi connectivity index (χ0) is 22.9. The lowest BCUT2D eigenvalue weighted by molar-refractivity contribution is 0.0918. The molecule has 0 aliphatic rings. The van der Waals surface area contributed by atoms with Gasteiger partial charge in [0.15, 0.2) is 5.11 Å². The lowest BCUT2D eigenvalue weighted by Gasteiger charge is -2.20. The van der Waals surface area contributed by atoms with E-state index in [1.54, 1.807) is 42.5 Å². The Morgan fingerprint density at radius 3 is 2.29 bits per heavy atom. The molecule has 2 aromatic carbocycles. The molecule has 0 fully saturated rings. The summed E-state index contributed by atoms with van der Waals surface area (Å²) in [7, 11) is 0. The molecule has 2 rings (SSSR count). The van der Waals surface area contributed by atoms with Crippen molar-refractivity contribution in [2.45, 2.75) is 52.5 Å². The highest BCUT2D eigenvalue weighted by Crippen LogP contribution is 2.18. The van der Waals surface area contributed by atoms with Crippen molar-refractivity contribution in [1.82, 2.24) is 10.6 Å². The normalized spacial score (nSPS) is 10.8. The number of para-hydroxylation sites is 1. The lowest BCUT2D eigenvalue weighted by Crippen LogP contribution is -2.40. The summed E-state index contributed by atoms with van der Waals surface area (Å²) in [6.07, 6.45) is 3.13. The first kappa shape index (κ1) is 24.3. The van der Waals surface area contributed by atoms with E-state index in [2.05, 4.69) is 22.9 Å². The van der Waals surface area contributed by atoms with Crippen LogP contribution in [0.4, 0.5) is 5.69 Å². The van der Waals surface area contributed by atoms with Gasteiger partial charge >= 0.3 is 0 Å². The third kappa shape index (κ3) is 8.38. The van der Waals surface area contributed by atoms with Gasteiger partial charge < -0.3 is 15.4 Å². The van der Waals surface area contributed by atoms with Crippen LogP contribution in [0.1, 0.15) is 67.7 Å². The average Bonchev–Trinajstić information content (AvgIpc) is 2.70. The van der Waals surface area contributed by atoms with Crippen LogP contribution in [0.25, 0.3) is 0 Å². The van der Waals surface area contributed by atoms with Gasteiger partial charge in [-0.15, -0.1) is 0 Å². The molecule has 0 unspecified atom stereocenters. The van der Waals surface area contributed by atoms with Crippen LogP contribution in [-0.4, -0.2) is 29.1 Å². The SMILES string of the molecule is CCCCCOc1ccccc1C(=O)NC(=S)Nc1ccc(C(=O)NC(C)(C)C)cc1. The van der Waals surface area contributed by atoms with Crippen molar-refractivity contribution >= 4 is 34.8 Å². The minimum Gasteiger partial charge on any atom is -0.493 e. The van der Waals surface area contributed by atoms with Crippen LogP contribution < -0.4 is 20.7 Å². The Hall–Kier alpha value is -2.93. The van der Waals surface area contributed by atoms with Crippen molar-refractivity contribution in [2.75, 3.05) is 11.9 Å². The number of hydrogen-bond acceptors (Lipinski definition) is 4. The maximum atomic E-state index is 12.7. The smallest absolute Gasteiger partial charge is 0.261 e. The molecule has 0 spiro atoms. The number of unbranched alkanes of at least 4 members (excludes halogenated alkanes) is 2. The molecule has 0 saturated heterocycles. The second-order valence-electron chi connectivity index (χ2n) is 8.24. The van der Waals surface area contributed by atoms with Crippen molar-refractivity contribution in [3.8, 4) is 5.75 Å². The van der Waals surface area contributed by atoms with E-state index in [-0.39, 0.29) is 22.5 Å². The molecule has 31 heavy (non-hydrogen) atoms. The van der Waals surface area contributed by atoms with E-state index in [9.17, 15) is 9.59 Å². The molecule has 2 amide bonds. The van der Waals surface area contributed by atoms with Gasteiger partial charge in [-0.2, -0.15) is 0 Å². The van der Waals surface area contributed by atoms with Crippen LogP contribution in [0.2, 0.25) is 0 Å². The number of ether oxygens (including phenoxy) is 1. The summed E-state index contributed by atoms with van der Waals surface area (Å²) in [4.78, 5) is 24.9. The van der Waals surface area contributed by atoms with E-state index in [0.29, 0.717) is 29.2 Å². The highest BCUT2D eigenvalue weighted by Gasteiger charge is 2.16. The fourth-order valence-electron chi connectivity index (χ4n) is 2.76. The molecule has 3 N–H and O–H groups in total. The lowest BCUT2D eigenvalue weighted by atomic mass is 10.1. The fraction of sp³-hybridized carbons (Fsp3) is 0.375. The summed E-state index contributed by atoms with van der Waals surface area (Å²) in [5, 5.41) is 8.72. The van der Waals surface area contributed by atoms with Gasteiger partial charge in [0, 0.05) is 16.8 Å². The molecule has 0 aliphatic heterocycles. The summed E-state index contributed by atoms with van der Waals surface area (Å²) in [6.45, 7) is 8.47. The average molecular weight is 442 g/mol. The molecule has 0 atom stereocenters. The van der Waals surface area contributed by atoms with E-state index in [0.717, 1.165) is 19.3 Å². The van der Waals surface area contributed by atoms with Crippen LogP contribution in [0.15, 0.2) is 48.5 Å². The van der Waals surface area contributed by atoms with Crippen LogP contribution >= 0.6 is 12.2 Å². The van der Waals surface area contributed by atoms with Crippen molar-refractivity contribution in [3.63, 3.8) is 0 Å². The Balaban J connectivity index is 1.94. The third-order valence-corrected chi connectivity index (χ3v) is 4.46. The molecule has 0 aliphatic carbocycles. The van der Waals surface area contributed by atoms with Crippen molar-refractivity contribution < 1.29 is 14.3 Å². The van der Waals surface area contributed by atoms with Gasteiger partial charge in [0.05, 0.1) is 12.2 Å². The Kier molecular flexibility index (Phi) is 9.00. The van der Waals surface area contributed by atoms with Gasteiger partial charge in [-0.05, 0) is 75.8 Å². The number of amides is 2. The number of carbonyl (C=O) groups excluding carboxylic acids is 2. The molecular formula is C24H31N3O3S. The number of anilines is 1. The van der Waals surface area contributed by atoms with Crippen molar-refractivity contribution in [1.29, 1.82) is 0 Å². The van der Waals surface area contributed by atoms with E-state index in [1.165, 1.54) is 0 Å². The fourth-order valence-corrected chi connectivity index (χ4v) is 2.98. The minimum absolute atomic E-state index is 0.148. The number of nitrogens with one attached hydrogen (secondary N) is 3. The molecular weight excluding hydrogens is 410 g/mol. The Morgan fingerprint density at radius 2 is 1.65 bits per heavy atom. The monoisotopic (exact) mass is 441 g/mol. The largest absolute Gasteiger partial charge is 0.493 e. The van der Waals surface area contributed by atoms with Gasteiger partial charge in [0.25, 0.3) is 11.8 Å². The first-order chi connectivity index (χ1) is 14.7. The first-order valence-corrected chi connectivity index (χ1v) is 10.9. The Morgan fingerprint density at radius 1 is 0.968 bits per heavy atom. The summed E-state index contributed by atoms with van der Waals surface area (Å²) in [6, 6.07) is 14.0. The standard InChI is InChI=1S/C24H31N3O3S/c1-5-6-9-16-30-20-11-8-7-10-19(20)22(29)26-23(31)25-18-14-12-17(13-15-18)21(28)27-24(2,3)4/h7-8,10-15H,5-6,9,16H2,1-4H3,(H,27,28)(H2,25,26,29,31). The Labute approximate surface area is 189 Å². The molecule has 0 radical (unpaired) electrons. The van der Waals surface area contributed by atoms with E-state index < -0.39 is 0 Å². The number of carbonyl (C=O) groups is 2. The molecule has 0 aromatic heterocycles. The predicted molar refractivity (Wildman–Crippen MR) is 129 cm³/mol. The first-order valence-electron chi connectivity index (χ1n) is 10.5. The van der Waals surface area contributed by atoms with Crippen LogP contribution in [0, 0.1) is 0 Å². The van der Waals surface area contributed by atoms with Gasteiger partial charge in [0.1, 0.15) is 5.75 Å². The van der Waals surface area contributed by atoms with Gasteiger partial charge in [-0.25, -0.2) is 0 Å². The van der Waals surface area contributed by atoms with Gasteiger partial charge in [-0.1, -0.05) is 31.9 Å². The maximum absolute atomic E-state index is 12.7. The van der Waals surface area contributed by atoms with Gasteiger partial charge in [0.2, 0.25) is 0 Å². The van der Waals surface area contributed by atoms with E-state index in [1.807, 2.05) is 26.8 Å². The topological polar surface area (TPSA) is 79.5 Å². The quantitative estimate of drug-likeness (QED) is 0.401. The number of rotatable bonds is 8. The summed E-state index contributed by atoms with van der Waals surface area (Å²) >= 11 is 5.27. The number of benzene rings is 2. The highest BCUT2D eigenvalue weighted by atomic mass is 32.1. The van der Waals surface area contributed by atoms with Crippen molar-refractivity contribution in [2.24, 2.45) is 0 Å². The summed E-state index contributed by atoms with van der Waals surface area (Å²) in [5.41, 5.74) is 1.33. The minimum atomic E-state index is -0.343. The second kappa shape index (κ2) is 11.5.